The first kappa shape index (κ1) is 14.9. The van der Waals surface area contributed by atoms with Crippen molar-refractivity contribution in [2.45, 2.75) is 24.5 Å². The third kappa shape index (κ3) is 2.31. The molecular formula is C12H18N2O6. The van der Waals surface area contributed by atoms with E-state index in [-0.39, 0.29) is 6.61 Å². The summed E-state index contributed by atoms with van der Waals surface area (Å²) >= 11 is 0. The van der Waals surface area contributed by atoms with Gasteiger partial charge in [0.2, 0.25) is 0 Å². The van der Waals surface area contributed by atoms with E-state index in [9.17, 15) is 14.7 Å². The fraction of sp³-hybridized carbons (Fsp3) is 0.667. The fourth-order valence-electron chi connectivity index (χ4n) is 2.40. The largest absolute Gasteiger partial charge is 0.394 e. The van der Waals surface area contributed by atoms with E-state index in [4.69, 9.17) is 14.2 Å². The summed E-state index contributed by atoms with van der Waals surface area (Å²) in [6.45, 7) is -0.255. The average Bonchev–Trinajstić information content (AvgIpc) is 2.82. The molecule has 1 N–H and O–H groups in total. The quantitative estimate of drug-likeness (QED) is 0.722. The molecule has 2 rings (SSSR count). The number of ether oxygens (including phenoxy) is 3. The molecule has 1 aliphatic heterocycles. The number of aromatic nitrogens is 2. The summed E-state index contributed by atoms with van der Waals surface area (Å²) in [5.74, 6) is 0. The van der Waals surface area contributed by atoms with E-state index < -0.39 is 35.8 Å². The van der Waals surface area contributed by atoms with E-state index in [2.05, 4.69) is 0 Å². The fourth-order valence-corrected chi connectivity index (χ4v) is 2.40. The zero-order chi connectivity index (χ0) is 14.9. The van der Waals surface area contributed by atoms with Gasteiger partial charge in [-0.15, -0.1) is 0 Å². The monoisotopic (exact) mass is 286 g/mol. The SMILES string of the molecule is CO[C@@H]1[C@H](OC)[C@@H](CO)O[C@H]1n1ccc(=O)n(C)c1=O. The van der Waals surface area contributed by atoms with Crippen molar-refractivity contribution in [2.24, 2.45) is 7.05 Å². The Kier molecular flexibility index (Phi) is 4.39. The molecule has 2 heterocycles. The van der Waals surface area contributed by atoms with Gasteiger partial charge in [-0.3, -0.25) is 13.9 Å². The molecule has 0 aliphatic carbocycles. The molecule has 0 spiro atoms. The highest BCUT2D eigenvalue weighted by Gasteiger charge is 2.46. The maximum absolute atomic E-state index is 12.1. The lowest BCUT2D eigenvalue weighted by molar-refractivity contribution is -0.0630. The molecule has 1 aliphatic rings. The number of rotatable bonds is 4. The van der Waals surface area contributed by atoms with Crippen molar-refractivity contribution in [1.29, 1.82) is 0 Å². The predicted octanol–water partition coefficient (Wildman–Crippen LogP) is -1.53. The van der Waals surface area contributed by atoms with Crippen molar-refractivity contribution in [2.75, 3.05) is 20.8 Å². The van der Waals surface area contributed by atoms with Crippen LogP contribution >= 0.6 is 0 Å². The minimum absolute atomic E-state index is 0.255. The number of methoxy groups -OCH3 is 2. The molecule has 1 aromatic heterocycles. The minimum atomic E-state index is -0.763. The summed E-state index contributed by atoms with van der Waals surface area (Å²) in [6, 6.07) is 1.27. The van der Waals surface area contributed by atoms with Crippen LogP contribution in [0.4, 0.5) is 0 Å². The van der Waals surface area contributed by atoms with Gasteiger partial charge < -0.3 is 19.3 Å². The summed E-state index contributed by atoms with van der Waals surface area (Å²) < 4.78 is 18.5. The lowest BCUT2D eigenvalue weighted by Gasteiger charge is -2.22. The molecule has 0 radical (unpaired) electrons. The van der Waals surface area contributed by atoms with Crippen molar-refractivity contribution in [3.63, 3.8) is 0 Å². The van der Waals surface area contributed by atoms with Gasteiger partial charge in [-0.1, -0.05) is 0 Å². The molecule has 20 heavy (non-hydrogen) atoms. The van der Waals surface area contributed by atoms with Crippen molar-refractivity contribution in [3.8, 4) is 0 Å². The zero-order valence-corrected chi connectivity index (χ0v) is 11.6. The first-order valence-electron chi connectivity index (χ1n) is 6.15. The highest BCUT2D eigenvalue weighted by atomic mass is 16.6. The molecule has 0 unspecified atom stereocenters. The molecule has 1 aromatic rings. The topological polar surface area (TPSA) is 91.9 Å². The van der Waals surface area contributed by atoms with Crippen LogP contribution in [0.25, 0.3) is 0 Å². The molecule has 1 saturated heterocycles. The summed E-state index contributed by atoms with van der Waals surface area (Å²) in [4.78, 5) is 23.5. The van der Waals surface area contributed by atoms with Crippen LogP contribution in [0.5, 0.6) is 0 Å². The predicted molar refractivity (Wildman–Crippen MR) is 68.5 cm³/mol. The normalized spacial score (nSPS) is 29.8. The Hall–Kier alpha value is -1.48. The van der Waals surface area contributed by atoms with Gasteiger partial charge in [-0.25, -0.2) is 4.79 Å². The number of hydrogen-bond donors (Lipinski definition) is 1. The molecular weight excluding hydrogens is 268 g/mol. The Balaban J connectivity index is 2.45. The molecule has 0 aromatic carbocycles. The molecule has 8 heteroatoms. The van der Waals surface area contributed by atoms with Crippen LogP contribution in [0, 0.1) is 0 Å². The number of aliphatic hydroxyl groups excluding tert-OH is 1. The van der Waals surface area contributed by atoms with Gasteiger partial charge in [0, 0.05) is 33.5 Å². The standard InChI is InChI=1S/C12H18N2O6/c1-13-8(16)4-5-14(12(13)17)11-10(19-3)9(18-2)7(6-15)20-11/h4-5,7,9-11,15H,6H2,1-3H3/t7-,9-,10-,11-/m1/s1. The lowest BCUT2D eigenvalue weighted by Crippen LogP contribution is -2.42. The molecule has 0 amide bonds. The maximum Gasteiger partial charge on any atom is 0.332 e. The maximum atomic E-state index is 12.1. The second kappa shape index (κ2) is 5.88. The van der Waals surface area contributed by atoms with E-state index >= 15 is 0 Å². The van der Waals surface area contributed by atoms with Crippen molar-refractivity contribution in [1.82, 2.24) is 9.13 Å². The third-order valence-electron chi connectivity index (χ3n) is 3.50. The first-order valence-corrected chi connectivity index (χ1v) is 6.15. The van der Waals surface area contributed by atoms with Crippen LogP contribution in [-0.4, -0.2) is 53.4 Å². The number of aliphatic hydroxyl groups is 1. The molecule has 0 saturated carbocycles. The second-order valence-corrected chi connectivity index (χ2v) is 4.55. The molecule has 112 valence electrons. The summed E-state index contributed by atoms with van der Waals surface area (Å²) in [7, 11) is 4.34. The zero-order valence-electron chi connectivity index (χ0n) is 11.6. The molecule has 8 nitrogen and oxygen atoms in total. The van der Waals surface area contributed by atoms with Crippen molar-refractivity contribution >= 4 is 0 Å². The number of hydrogen-bond acceptors (Lipinski definition) is 6. The van der Waals surface area contributed by atoms with Crippen molar-refractivity contribution < 1.29 is 19.3 Å². The van der Waals surface area contributed by atoms with Crippen LogP contribution in [0.1, 0.15) is 6.23 Å². The van der Waals surface area contributed by atoms with Crippen LogP contribution in [0.15, 0.2) is 21.9 Å². The molecule has 0 bridgehead atoms. The van der Waals surface area contributed by atoms with Gasteiger partial charge in [0.25, 0.3) is 5.56 Å². The summed E-state index contributed by atoms with van der Waals surface area (Å²) in [5.41, 5.74) is -0.918. The van der Waals surface area contributed by atoms with Crippen LogP contribution in [-0.2, 0) is 21.3 Å². The average molecular weight is 286 g/mol. The van der Waals surface area contributed by atoms with Gasteiger partial charge in [-0.05, 0) is 0 Å². The Bertz CT molecular complexity index is 580. The highest BCUT2D eigenvalue weighted by molar-refractivity contribution is 4.95. The third-order valence-corrected chi connectivity index (χ3v) is 3.50. The van der Waals surface area contributed by atoms with Gasteiger partial charge in [0.15, 0.2) is 6.23 Å². The van der Waals surface area contributed by atoms with Gasteiger partial charge >= 0.3 is 5.69 Å². The van der Waals surface area contributed by atoms with E-state index in [1.807, 2.05) is 0 Å². The van der Waals surface area contributed by atoms with Crippen molar-refractivity contribution in [3.05, 3.63) is 33.1 Å². The Morgan fingerprint density at radius 2 is 1.95 bits per heavy atom. The minimum Gasteiger partial charge on any atom is -0.394 e. The summed E-state index contributed by atoms with van der Waals surface area (Å²) in [5, 5.41) is 9.31. The molecule has 4 atom stereocenters. The number of nitrogens with zero attached hydrogens (tertiary/aromatic N) is 2. The highest BCUT2D eigenvalue weighted by Crippen LogP contribution is 2.31. The Morgan fingerprint density at radius 3 is 2.50 bits per heavy atom. The van der Waals surface area contributed by atoms with Gasteiger partial charge in [0.1, 0.15) is 18.3 Å². The summed E-state index contributed by atoms with van der Waals surface area (Å²) in [6.07, 6.45) is -1.07. The Morgan fingerprint density at radius 1 is 1.30 bits per heavy atom. The van der Waals surface area contributed by atoms with Crippen LogP contribution < -0.4 is 11.2 Å². The van der Waals surface area contributed by atoms with E-state index in [1.165, 1.54) is 38.1 Å². The van der Waals surface area contributed by atoms with Crippen LogP contribution in [0.2, 0.25) is 0 Å². The van der Waals surface area contributed by atoms with Gasteiger partial charge in [-0.2, -0.15) is 0 Å². The van der Waals surface area contributed by atoms with E-state index in [0.29, 0.717) is 0 Å². The van der Waals surface area contributed by atoms with Crippen LogP contribution in [0.3, 0.4) is 0 Å². The van der Waals surface area contributed by atoms with Gasteiger partial charge in [0.05, 0.1) is 6.61 Å². The molecule has 1 fully saturated rings. The lowest BCUT2D eigenvalue weighted by atomic mass is 10.1. The smallest absolute Gasteiger partial charge is 0.332 e. The Labute approximate surface area is 115 Å². The van der Waals surface area contributed by atoms with E-state index in [1.54, 1.807) is 0 Å². The second-order valence-electron chi connectivity index (χ2n) is 4.55. The van der Waals surface area contributed by atoms with E-state index in [0.717, 1.165) is 4.57 Å². The first-order chi connectivity index (χ1) is 9.54.